The van der Waals surface area contributed by atoms with E-state index < -0.39 is 0 Å². The van der Waals surface area contributed by atoms with E-state index >= 15 is 0 Å². The Morgan fingerprint density at radius 2 is 1.63 bits per heavy atom. The molecule has 0 amide bonds. The van der Waals surface area contributed by atoms with Crippen molar-refractivity contribution in [2.24, 2.45) is 11.7 Å². The van der Waals surface area contributed by atoms with E-state index in [1.807, 2.05) is 0 Å². The first-order valence-electron chi connectivity index (χ1n) is 7.04. The van der Waals surface area contributed by atoms with Gasteiger partial charge in [0, 0.05) is 6.04 Å². The number of benzene rings is 2. The lowest BCUT2D eigenvalue weighted by molar-refractivity contribution is 0.452. The lowest BCUT2D eigenvalue weighted by Crippen LogP contribution is -2.22. The van der Waals surface area contributed by atoms with Gasteiger partial charge in [-0.3, -0.25) is 0 Å². The average molecular weight is 251 g/mol. The molecule has 0 spiro atoms. The summed E-state index contributed by atoms with van der Waals surface area (Å²) in [6.07, 6.45) is 2.23. The smallest absolute Gasteiger partial charge is 0.0332 e. The Morgan fingerprint density at radius 3 is 2.21 bits per heavy atom. The second-order valence-corrected chi connectivity index (χ2v) is 5.82. The predicted octanol–water partition coefficient (Wildman–Crippen LogP) is 3.72. The molecule has 0 bridgehead atoms. The summed E-state index contributed by atoms with van der Waals surface area (Å²) < 4.78 is 0. The van der Waals surface area contributed by atoms with Crippen LogP contribution in [0, 0.1) is 19.8 Å². The van der Waals surface area contributed by atoms with Crippen molar-refractivity contribution in [3.05, 3.63) is 70.3 Å². The third kappa shape index (κ3) is 2.31. The first-order valence-corrected chi connectivity index (χ1v) is 7.04. The largest absolute Gasteiger partial charge is 0.324 e. The molecule has 0 radical (unpaired) electrons. The minimum Gasteiger partial charge on any atom is -0.324 e. The molecule has 0 fully saturated rings. The number of fused-ring (bicyclic) bond motifs is 1. The van der Waals surface area contributed by atoms with Crippen LogP contribution in [0.4, 0.5) is 0 Å². The van der Waals surface area contributed by atoms with Gasteiger partial charge in [0.2, 0.25) is 0 Å². The lowest BCUT2D eigenvalue weighted by atomic mass is 9.88. The molecule has 0 aliphatic heterocycles. The monoisotopic (exact) mass is 251 g/mol. The van der Waals surface area contributed by atoms with Crippen LogP contribution in [0.2, 0.25) is 0 Å². The molecule has 0 aromatic heterocycles. The van der Waals surface area contributed by atoms with Crippen LogP contribution in [0.3, 0.4) is 0 Å². The van der Waals surface area contributed by atoms with E-state index in [1.54, 1.807) is 0 Å². The molecule has 1 nitrogen and oxygen atoms in total. The summed E-state index contributed by atoms with van der Waals surface area (Å²) in [5.41, 5.74) is 13.4. The van der Waals surface area contributed by atoms with Gasteiger partial charge in [-0.15, -0.1) is 0 Å². The first-order chi connectivity index (χ1) is 9.15. The highest BCUT2D eigenvalue weighted by Gasteiger charge is 2.27. The highest BCUT2D eigenvalue weighted by atomic mass is 14.7. The van der Waals surface area contributed by atoms with Crippen LogP contribution in [-0.4, -0.2) is 0 Å². The predicted molar refractivity (Wildman–Crippen MR) is 80.2 cm³/mol. The van der Waals surface area contributed by atoms with Gasteiger partial charge in [-0.05, 0) is 54.9 Å². The van der Waals surface area contributed by atoms with E-state index in [-0.39, 0.29) is 6.04 Å². The molecule has 3 rings (SSSR count). The Balaban J connectivity index is 1.85. The number of aryl methyl sites for hydroxylation is 2. The van der Waals surface area contributed by atoms with E-state index in [9.17, 15) is 0 Å². The van der Waals surface area contributed by atoms with Gasteiger partial charge in [0.05, 0.1) is 0 Å². The summed E-state index contributed by atoms with van der Waals surface area (Å²) in [6, 6.07) is 15.5. The van der Waals surface area contributed by atoms with Crippen LogP contribution < -0.4 is 5.73 Å². The molecule has 1 aliphatic rings. The third-order valence-corrected chi connectivity index (χ3v) is 4.37. The fourth-order valence-electron chi connectivity index (χ4n) is 3.30. The van der Waals surface area contributed by atoms with Crippen LogP contribution in [0.5, 0.6) is 0 Å². The minimum atomic E-state index is 0.146. The number of nitrogens with two attached hydrogens (primary N) is 1. The van der Waals surface area contributed by atoms with E-state index in [1.165, 1.54) is 27.8 Å². The van der Waals surface area contributed by atoms with Gasteiger partial charge in [0.15, 0.2) is 0 Å². The molecule has 2 N–H and O–H groups in total. The first kappa shape index (κ1) is 12.4. The van der Waals surface area contributed by atoms with E-state index in [0.29, 0.717) is 5.92 Å². The van der Waals surface area contributed by atoms with Crippen molar-refractivity contribution in [2.45, 2.75) is 32.7 Å². The van der Waals surface area contributed by atoms with E-state index in [0.717, 1.165) is 12.8 Å². The van der Waals surface area contributed by atoms with E-state index in [4.69, 9.17) is 5.73 Å². The molecule has 2 aromatic rings. The van der Waals surface area contributed by atoms with Gasteiger partial charge in [0.25, 0.3) is 0 Å². The summed E-state index contributed by atoms with van der Waals surface area (Å²) in [5.74, 6) is 0.541. The van der Waals surface area contributed by atoms with Crippen molar-refractivity contribution < 1.29 is 0 Å². The summed E-state index contributed by atoms with van der Waals surface area (Å²) in [7, 11) is 0. The van der Waals surface area contributed by atoms with Crippen LogP contribution >= 0.6 is 0 Å². The summed E-state index contributed by atoms with van der Waals surface area (Å²) in [5, 5.41) is 0. The number of hydrogen-bond acceptors (Lipinski definition) is 1. The molecule has 1 heteroatoms. The van der Waals surface area contributed by atoms with Crippen molar-refractivity contribution in [3.8, 4) is 0 Å². The van der Waals surface area contributed by atoms with Gasteiger partial charge in [0.1, 0.15) is 0 Å². The number of rotatable bonds is 2. The molecular weight excluding hydrogens is 230 g/mol. The fraction of sp³-hybridized carbons (Fsp3) is 0.333. The van der Waals surface area contributed by atoms with E-state index in [2.05, 4.69) is 56.3 Å². The zero-order valence-electron chi connectivity index (χ0n) is 11.7. The number of hydrogen-bond donors (Lipinski definition) is 1. The second-order valence-electron chi connectivity index (χ2n) is 5.82. The van der Waals surface area contributed by atoms with Gasteiger partial charge in [-0.2, -0.15) is 0 Å². The highest BCUT2D eigenvalue weighted by molar-refractivity contribution is 5.37. The Hall–Kier alpha value is -1.60. The molecule has 19 heavy (non-hydrogen) atoms. The maximum atomic E-state index is 6.53. The lowest BCUT2D eigenvalue weighted by Gasteiger charge is -2.21. The van der Waals surface area contributed by atoms with Crippen LogP contribution in [0.1, 0.15) is 33.9 Å². The summed E-state index contributed by atoms with van der Waals surface area (Å²) in [4.78, 5) is 0. The second kappa shape index (κ2) is 4.82. The SMILES string of the molecule is Cc1ccc(C(N)C2Cc3ccccc3C2)c(C)c1. The fourth-order valence-corrected chi connectivity index (χ4v) is 3.30. The van der Waals surface area contributed by atoms with Crippen molar-refractivity contribution in [2.75, 3.05) is 0 Å². The molecule has 0 saturated heterocycles. The summed E-state index contributed by atoms with van der Waals surface area (Å²) in [6.45, 7) is 4.30. The zero-order valence-corrected chi connectivity index (χ0v) is 11.7. The minimum absolute atomic E-state index is 0.146. The third-order valence-electron chi connectivity index (χ3n) is 4.37. The van der Waals surface area contributed by atoms with Gasteiger partial charge in [-0.1, -0.05) is 48.0 Å². The van der Waals surface area contributed by atoms with Gasteiger partial charge < -0.3 is 5.73 Å². The molecule has 0 saturated carbocycles. The Labute approximate surface area is 115 Å². The van der Waals surface area contributed by atoms with Gasteiger partial charge >= 0.3 is 0 Å². The summed E-state index contributed by atoms with van der Waals surface area (Å²) >= 11 is 0. The Bertz CT molecular complexity index is 575. The molecule has 2 aromatic carbocycles. The van der Waals surface area contributed by atoms with Crippen molar-refractivity contribution in [1.29, 1.82) is 0 Å². The molecule has 0 heterocycles. The molecule has 98 valence electrons. The maximum absolute atomic E-state index is 6.53. The van der Waals surface area contributed by atoms with Crippen LogP contribution in [0.25, 0.3) is 0 Å². The Morgan fingerprint density at radius 1 is 1.00 bits per heavy atom. The Kier molecular flexibility index (Phi) is 3.16. The highest BCUT2D eigenvalue weighted by Crippen LogP contribution is 2.34. The molecule has 1 unspecified atom stereocenters. The van der Waals surface area contributed by atoms with Crippen LogP contribution in [-0.2, 0) is 12.8 Å². The normalized spacial score (nSPS) is 16.4. The topological polar surface area (TPSA) is 26.0 Å². The maximum Gasteiger partial charge on any atom is 0.0332 e. The van der Waals surface area contributed by atoms with Gasteiger partial charge in [-0.25, -0.2) is 0 Å². The van der Waals surface area contributed by atoms with Crippen molar-refractivity contribution in [1.82, 2.24) is 0 Å². The van der Waals surface area contributed by atoms with Crippen molar-refractivity contribution >= 4 is 0 Å². The van der Waals surface area contributed by atoms with Crippen LogP contribution in [0.15, 0.2) is 42.5 Å². The molecule has 1 atom stereocenters. The molecule has 1 aliphatic carbocycles. The standard InChI is InChI=1S/C18H21N/c1-12-7-8-17(13(2)9-12)18(19)16-10-14-5-3-4-6-15(14)11-16/h3-9,16,18H,10-11,19H2,1-2H3. The average Bonchev–Trinajstić information content (AvgIpc) is 2.81. The van der Waals surface area contributed by atoms with Crippen molar-refractivity contribution in [3.63, 3.8) is 0 Å². The quantitative estimate of drug-likeness (QED) is 0.865. The molecular formula is C18H21N. The zero-order chi connectivity index (χ0) is 13.4.